The van der Waals surface area contributed by atoms with Gasteiger partial charge < -0.3 is 0 Å². The van der Waals surface area contributed by atoms with E-state index in [9.17, 15) is 9.59 Å². The molecular weight excluding hydrogens is 383 g/mol. The second-order valence-electron chi connectivity index (χ2n) is 4.78. The standard InChI is InChI=1S/C16H10Cl2N4O2S/c17-11-7-3-1-5-9(11)13(23)19-15-21-22-16(25-15)20-14(24)10-6-2-4-8-12(10)18/h1-8H,(H,19,21,23)(H,20,22,24). The monoisotopic (exact) mass is 392 g/mol. The van der Waals surface area contributed by atoms with Gasteiger partial charge in [0.2, 0.25) is 10.3 Å². The van der Waals surface area contributed by atoms with Gasteiger partial charge in [-0.05, 0) is 24.3 Å². The van der Waals surface area contributed by atoms with E-state index in [1.165, 1.54) is 0 Å². The van der Waals surface area contributed by atoms with E-state index in [2.05, 4.69) is 20.8 Å². The molecule has 0 radical (unpaired) electrons. The maximum atomic E-state index is 12.2. The predicted molar refractivity (Wildman–Crippen MR) is 98.7 cm³/mol. The Balaban J connectivity index is 1.69. The van der Waals surface area contributed by atoms with Crippen LogP contribution < -0.4 is 10.6 Å². The van der Waals surface area contributed by atoms with Crippen molar-refractivity contribution in [3.05, 3.63) is 69.7 Å². The zero-order valence-electron chi connectivity index (χ0n) is 12.5. The number of hydrogen-bond donors (Lipinski definition) is 2. The van der Waals surface area contributed by atoms with Crippen LogP contribution in [0.5, 0.6) is 0 Å². The molecule has 0 bridgehead atoms. The van der Waals surface area contributed by atoms with Crippen molar-refractivity contribution in [2.45, 2.75) is 0 Å². The second kappa shape index (κ2) is 7.60. The minimum absolute atomic E-state index is 0.236. The first-order valence-corrected chi connectivity index (χ1v) is 8.57. The van der Waals surface area contributed by atoms with Crippen molar-refractivity contribution in [2.24, 2.45) is 0 Å². The van der Waals surface area contributed by atoms with Crippen LogP contribution in [0, 0.1) is 0 Å². The summed E-state index contributed by atoms with van der Waals surface area (Å²) in [6.45, 7) is 0. The van der Waals surface area contributed by atoms with Crippen molar-refractivity contribution >= 4 is 56.6 Å². The number of nitrogens with one attached hydrogen (secondary N) is 2. The number of anilines is 2. The highest BCUT2D eigenvalue weighted by Gasteiger charge is 2.15. The summed E-state index contributed by atoms with van der Waals surface area (Å²) in [6, 6.07) is 13.3. The number of rotatable bonds is 4. The summed E-state index contributed by atoms with van der Waals surface area (Å²) in [5, 5.41) is 14.0. The maximum Gasteiger partial charge on any atom is 0.259 e. The summed E-state index contributed by atoms with van der Waals surface area (Å²) >= 11 is 13.0. The molecule has 9 heteroatoms. The number of benzene rings is 2. The number of hydrogen-bond acceptors (Lipinski definition) is 5. The van der Waals surface area contributed by atoms with Gasteiger partial charge in [0.05, 0.1) is 21.2 Å². The molecule has 2 aromatic carbocycles. The van der Waals surface area contributed by atoms with Crippen molar-refractivity contribution in [3.63, 3.8) is 0 Å². The predicted octanol–water partition coefficient (Wildman–Crippen LogP) is 4.35. The van der Waals surface area contributed by atoms with E-state index in [1.807, 2.05) is 0 Å². The van der Waals surface area contributed by atoms with Crippen LogP contribution in [0.2, 0.25) is 10.0 Å². The third-order valence-corrected chi connectivity index (χ3v) is 4.52. The first-order chi connectivity index (χ1) is 12.0. The third kappa shape index (κ3) is 4.14. The van der Waals surface area contributed by atoms with Crippen molar-refractivity contribution < 1.29 is 9.59 Å². The summed E-state index contributed by atoms with van der Waals surface area (Å²) in [6.07, 6.45) is 0. The lowest BCUT2D eigenvalue weighted by atomic mass is 10.2. The Kier molecular flexibility index (Phi) is 5.28. The van der Waals surface area contributed by atoms with Gasteiger partial charge in [-0.15, -0.1) is 10.2 Å². The number of nitrogens with zero attached hydrogens (tertiary/aromatic N) is 2. The van der Waals surface area contributed by atoms with Crippen LogP contribution >= 0.6 is 34.5 Å². The fourth-order valence-corrected chi connectivity index (χ4v) is 3.02. The smallest absolute Gasteiger partial charge is 0.259 e. The number of amides is 2. The van der Waals surface area contributed by atoms with Gasteiger partial charge in [0.15, 0.2) is 0 Å². The number of carbonyl (C=O) groups excluding carboxylic acids is 2. The molecule has 0 unspecified atom stereocenters. The summed E-state index contributed by atoms with van der Waals surface area (Å²) in [4.78, 5) is 24.3. The van der Waals surface area contributed by atoms with E-state index in [1.54, 1.807) is 48.5 Å². The summed E-state index contributed by atoms with van der Waals surface area (Å²) in [5.41, 5.74) is 0.641. The van der Waals surface area contributed by atoms with Crippen LogP contribution in [0.25, 0.3) is 0 Å². The van der Waals surface area contributed by atoms with Crippen LogP contribution in [0.4, 0.5) is 10.3 Å². The fourth-order valence-electron chi connectivity index (χ4n) is 1.94. The highest BCUT2D eigenvalue weighted by molar-refractivity contribution is 7.19. The molecule has 2 N–H and O–H groups in total. The van der Waals surface area contributed by atoms with E-state index >= 15 is 0 Å². The van der Waals surface area contributed by atoms with Gasteiger partial charge >= 0.3 is 0 Å². The molecule has 3 rings (SSSR count). The summed E-state index contributed by atoms with van der Waals surface area (Å²) in [5.74, 6) is -0.823. The van der Waals surface area contributed by atoms with Crippen LogP contribution in [0.3, 0.4) is 0 Å². The molecule has 0 saturated carbocycles. The average Bonchev–Trinajstić information content (AvgIpc) is 3.02. The lowest BCUT2D eigenvalue weighted by Gasteiger charge is -2.03. The molecule has 0 spiro atoms. The fraction of sp³-hybridized carbons (Fsp3) is 0. The molecular formula is C16H10Cl2N4O2S. The lowest BCUT2D eigenvalue weighted by molar-refractivity contribution is 0.101. The van der Waals surface area contributed by atoms with Gasteiger partial charge in [-0.1, -0.05) is 58.8 Å². The molecule has 25 heavy (non-hydrogen) atoms. The van der Waals surface area contributed by atoms with Gasteiger partial charge in [0.25, 0.3) is 11.8 Å². The summed E-state index contributed by atoms with van der Waals surface area (Å²) in [7, 11) is 0. The SMILES string of the molecule is O=C(Nc1nnc(NC(=O)c2ccccc2Cl)s1)c1ccccc1Cl. The quantitative estimate of drug-likeness (QED) is 0.690. The molecule has 6 nitrogen and oxygen atoms in total. The van der Waals surface area contributed by atoms with E-state index < -0.39 is 11.8 Å². The van der Waals surface area contributed by atoms with Gasteiger partial charge in [-0.3, -0.25) is 20.2 Å². The third-order valence-electron chi connectivity index (χ3n) is 3.10. The average molecular weight is 393 g/mol. The van der Waals surface area contributed by atoms with E-state index in [0.29, 0.717) is 21.2 Å². The van der Waals surface area contributed by atoms with Gasteiger partial charge in [-0.2, -0.15) is 0 Å². The Labute approximate surface area is 156 Å². The molecule has 3 aromatic rings. The Bertz CT molecular complexity index is 871. The van der Waals surface area contributed by atoms with Crippen LogP contribution in [0.15, 0.2) is 48.5 Å². The molecule has 2 amide bonds. The zero-order valence-corrected chi connectivity index (χ0v) is 14.8. The molecule has 1 aromatic heterocycles. The molecule has 0 aliphatic rings. The molecule has 0 saturated heterocycles. The highest BCUT2D eigenvalue weighted by Crippen LogP contribution is 2.24. The van der Waals surface area contributed by atoms with Crippen LogP contribution in [-0.4, -0.2) is 22.0 Å². The van der Waals surface area contributed by atoms with E-state index in [0.717, 1.165) is 11.3 Å². The second-order valence-corrected chi connectivity index (χ2v) is 6.57. The number of halogens is 2. The van der Waals surface area contributed by atoms with Crippen LogP contribution in [0.1, 0.15) is 20.7 Å². The van der Waals surface area contributed by atoms with Crippen molar-refractivity contribution in [3.8, 4) is 0 Å². The number of carbonyl (C=O) groups is 2. The highest BCUT2D eigenvalue weighted by atomic mass is 35.5. The molecule has 1 heterocycles. The first-order valence-electron chi connectivity index (χ1n) is 7.00. The number of aromatic nitrogens is 2. The molecule has 0 fully saturated rings. The lowest BCUT2D eigenvalue weighted by Crippen LogP contribution is -2.12. The van der Waals surface area contributed by atoms with Gasteiger partial charge in [-0.25, -0.2) is 0 Å². The Morgan fingerprint density at radius 1 is 0.760 bits per heavy atom. The van der Waals surface area contributed by atoms with Crippen molar-refractivity contribution in [2.75, 3.05) is 10.6 Å². The topological polar surface area (TPSA) is 84.0 Å². The van der Waals surface area contributed by atoms with Gasteiger partial charge in [0.1, 0.15) is 0 Å². The normalized spacial score (nSPS) is 10.3. The molecule has 0 atom stereocenters. The van der Waals surface area contributed by atoms with Gasteiger partial charge in [0, 0.05) is 0 Å². The Morgan fingerprint density at radius 2 is 1.16 bits per heavy atom. The van der Waals surface area contributed by atoms with Crippen LogP contribution in [-0.2, 0) is 0 Å². The largest absolute Gasteiger partial charge is 0.296 e. The maximum absolute atomic E-state index is 12.2. The van der Waals surface area contributed by atoms with Crippen molar-refractivity contribution in [1.82, 2.24) is 10.2 Å². The minimum atomic E-state index is -0.411. The van der Waals surface area contributed by atoms with Crippen molar-refractivity contribution in [1.29, 1.82) is 0 Å². The molecule has 0 aliphatic heterocycles. The summed E-state index contributed by atoms with van der Waals surface area (Å²) < 4.78 is 0. The van der Waals surface area contributed by atoms with E-state index in [-0.39, 0.29) is 10.3 Å². The first kappa shape index (κ1) is 17.3. The molecule has 126 valence electrons. The minimum Gasteiger partial charge on any atom is -0.296 e. The molecule has 0 aliphatic carbocycles. The Morgan fingerprint density at radius 3 is 1.56 bits per heavy atom. The van der Waals surface area contributed by atoms with E-state index in [4.69, 9.17) is 23.2 Å². The zero-order chi connectivity index (χ0) is 17.8. The Hall–Kier alpha value is -2.48.